The van der Waals surface area contributed by atoms with Crippen LogP contribution in [0.25, 0.3) is 0 Å². The first-order chi connectivity index (χ1) is 8.16. The molecule has 1 atom stereocenters. The Morgan fingerprint density at radius 2 is 2.35 bits per heavy atom. The maximum Gasteiger partial charge on any atom is 0.253 e. The van der Waals surface area contributed by atoms with Crippen molar-refractivity contribution in [3.05, 3.63) is 46.7 Å². The minimum atomic E-state index is -0.178. The Morgan fingerprint density at radius 3 is 3.00 bits per heavy atom. The second-order valence-electron chi connectivity index (χ2n) is 3.56. The molecule has 1 amide bonds. The van der Waals surface area contributed by atoms with Gasteiger partial charge in [0.15, 0.2) is 0 Å². The van der Waals surface area contributed by atoms with Crippen molar-refractivity contribution < 1.29 is 4.79 Å². The average molecular weight is 295 g/mol. The van der Waals surface area contributed by atoms with Crippen molar-refractivity contribution in [1.29, 1.82) is 0 Å². The largest absolute Gasteiger partial charge is 0.347 e. The fourth-order valence-corrected chi connectivity index (χ4v) is 1.76. The van der Waals surface area contributed by atoms with Crippen LogP contribution >= 0.6 is 15.9 Å². The van der Waals surface area contributed by atoms with Crippen LogP contribution in [-0.4, -0.2) is 20.9 Å². The van der Waals surface area contributed by atoms with Crippen molar-refractivity contribution >= 4 is 21.8 Å². The van der Waals surface area contributed by atoms with Gasteiger partial charge in [-0.05, 0) is 28.9 Å². The summed E-state index contributed by atoms with van der Waals surface area (Å²) in [5.74, 6) is 0.545. The maximum absolute atomic E-state index is 11.9. The maximum atomic E-state index is 11.9. The highest BCUT2D eigenvalue weighted by molar-refractivity contribution is 9.10. The van der Waals surface area contributed by atoms with E-state index in [-0.39, 0.29) is 11.9 Å². The molecule has 88 valence electrons. The van der Waals surface area contributed by atoms with E-state index in [0.29, 0.717) is 5.56 Å². The van der Waals surface area contributed by atoms with Gasteiger partial charge in [-0.1, -0.05) is 0 Å². The standard InChI is InChI=1S/C11H11BrN4O/c1-7(10-14-2-3-15-10)16-11(17)8-4-9(12)6-13-5-8/h2-7H,1H3,(H,14,15)(H,16,17). The molecule has 0 fully saturated rings. The Morgan fingerprint density at radius 1 is 1.53 bits per heavy atom. The molecule has 2 heterocycles. The lowest BCUT2D eigenvalue weighted by Crippen LogP contribution is -2.27. The Balaban J connectivity index is 2.07. The van der Waals surface area contributed by atoms with Gasteiger partial charge in [0.25, 0.3) is 5.91 Å². The molecule has 2 aromatic rings. The van der Waals surface area contributed by atoms with E-state index in [0.717, 1.165) is 10.3 Å². The summed E-state index contributed by atoms with van der Waals surface area (Å²) in [5, 5.41) is 2.83. The number of imidazole rings is 1. The summed E-state index contributed by atoms with van der Waals surface area (Å²) in [6.45, 7) is 1.86. The SMILES string of the molecule is CC(NC(=O)c1cncc(Br)c1)c1ncc[nH]1. The van der Waals surface area contributed by atoms with Gasteiger partial charge >= 0.3 is 0 Å². The molecule has 0 spiro atoms. The number of nitrogens with one attached hydrogen (secondary N) is 2. The van der Waals surface area contributed by atoms with Gasteiger partial charge in [0.2, 0.25) is 0 Å². The summed E-state index contributed by atoms with van der Waals surface area (Å²) in [7, 11) is 0. The molecule has 0 saturated heterocycles. The zero-order chi connectivity index (χ0) is 12.3. The molecule has 2 rings (SSSR count). The first-order valence-electron chi connectivity index (χ1n) is 5.07. The first-order valence-corrected chi connectivity index (χ1v) is 5.87. The van der Waals surface area contributed by atoms with Crippen molar-refractivity contribution in [2.75, 3.05) is 0 Å². The second-order valence-corrected chi connectivity index (χ2v) is 4.48. The Kier molecular flexibility index (Phi) is 3.53. The van der Waals surface area contributed by atoms with Gasteiger partial charge in [0.05, 0.1) is 11.6 Å². The lowest BCUT2D eigenvalue weighted by molar-refractivity contribution is 0.0938. The van der Waals surface area contributed by atoms with Crippen molar-refractivity contribution in [3.8, 4) is 0 Å². The molecule has 0 bridgehead atoms. The monoisotopic (exact) mass is 294 g/mol. The Bertz CT molecular complexity index is 512. The molecule has 5 nitrogen and oxygen atoms in total. The van der Waals surface area contributed by atoms with Crippen LogP contribution in [0.1, 0.15) is 29.1 Å². The number of hydrogen-bond donors (Lipinski definition) is 2. The van der Waals surface area contributed by atoms with Crippen LogP contribution in [-0.2, 0) is 0 Å². The third kappa shape index (κ3) is 2.91. The molecule has 0 radical (unpaired) electrons. The predicted octanol–water partition coefficient (Wildman–Crippen LogP) is 2.06. The second kappa shape index (κ2) is 5.09. The van der Waals surface area contributed by atoms with Crippen LogP contribution < -0.4 is 5.32 Å². The Labute approximate surface area is 107 Å². The fourth-order valence-electron chi connectivity index (χ4n) is 1.40. The predicted molar refractivity (Wildman–Crippen MR) is 66.4 cm³/mol. The minimum absolute atomic E-state index is 0.170. The molecule has 0 aliphatic heterocycles. The van der Waals surface area contributed by atoms with E-state index in [1.54, 1.807) is 24.7 Å². The normalized spacial score (nSPS) is 12.1. The molecule has 0 aliphatic rings. The van der Waals surface area contributed by atoms with Crippen molar-refractivity contribution in [2.45, 2.75) is 13.0 Å². The number of rotatable bonds is 3. The molecule has 6 heteroatoms. The number of pyridine rings is 1. The smallest absolute Gasteiger partial charge is 0.253 e. The van der Waals surface area contributed by atoms with Crippen molar-refractivity contribution in [1.82, 2.24) is 20.3 Å². The molecule has 1 unspecified atom stereocenters. The highest BCUT2D eigenvalue weighted by Gasteiger charge is 2.13. The summed E-state index contributed by atoms with van der Waals surface area (Å²) in [5.41, 5.74) is 0.512. The highest BCUT2D eigenvalue weighted by Crippen LogP contribution is 2.11. The number of hydrogen-bond acceptors (Lipinski definition) is 3. The number of carbonyl (C=O) groups is 1. The number of H-pyrrole nitrogens is 1. The summed E-state index contributed by atoms with van der Waals surface area (Å²) in [4.78, 5) is 22.9. The fraction of sp³-hybridized carbons (Fsp3) is 0.182. The summed E-state index contributed by atoms with van der Waals surface area (Å²) < 4.78 is 0.774. The van der Waals surface area contributed by atoms with Crippen LogP contribution in [0.2, 0.25) is 0 Å². The molecule has 0 aromatic carbocycles. The molecule has 0 aliphatic carbocycles. The van der Waals surface area contributed by atoms with Gasteiger partial charge in [-0.2, -0.15) is 0 Å². The number of aromatic amines is 1. The van der Waals surface area contributed by atoms with Gasteiger partial charge in [0, 0.05) is 29.3 Å². The quantitative estimate of drug-likeness (QED) is 0.910. The van der Waals surface area contributed by atoms with Crippen LogP contribution in [0.5, 0.6) is 0 Å². The molecule has 2 N–H and O–H groups in total. The lowest BCUT2D eigenvalue weighted by Gasteiger charge is -2.11. The van der Waals surface area contributed by atoms with Crippen LogP contribution in [0.4, 0.5) is 0 Å². The van der Waals surface area contributed by atoms with Crippen molar-refractivity contribution in [3.63, 3.8) is 0 Å². The van der Waals surface area contributed by atoms with Crippen molar-refractivity contribution in [2.24, 2.45) is 0 Å². The average Bonchev–Trinajstić information content (AvgIpc) is 2.82. The van der Waals surface area contributed by atoms with E-state index >= 15 is 0 Å². The van der Waals surface area contributed by atoms with Gasteiger partial charge in [-0.25, -0.2) is 4.98 Å². The molecule has 17 heavy (non-hydrogen) atoms. The zero-order valence-corrected chi connectivity index (χ0v) is 10.7. The van der Waals surface area contributed by atoms with Crippen LogP contribution in [0.3, 0.4) is 0 Å². The third-order valence-corrected chi connectivity index (χ3v) is 2.68. The first kappa shape index (κ1) is 11.8. The summed E-state index contributed by atoms with van der Waals surface area (Å²) >= 11 is 3.27. The number of nitrogens with zero attached hydrogens (tertiary/aromatic N) is 2. The van der Waals surface area contributed by atoms with E-state index in [9.17, 15) is 4.79 Å². The van der Waals surface area contributed by atoms with E-state index in [2.05, 4.69) is 36.2 Å². The van der Waals surface area contributed by atoms with E-state index in [1.165, 1.54) is 6.20 Å². The highest BCUT2D eigenvalue weighted by atomic mass is 79.9. The van der Waals surface area contributed by atoms with Gasteiger partial charge < -0.3 is 10.3 Å². The molecule has 0 saturated carbocycles. The minimum Gasteiger partial charge on any atom is -0.347 e. The van der Waals surface area contributed by atoms with E-state index in [4.69, 9.17) is 0 Å². The summed E-state index contributed by atoms with van der Waals surface area (Å²) in [6, 6.07) is 1.55. The van der Waals surface area contributed by atoms with Gasteiger partial charge in [-0.15, -0.1) is 0 Å². The number of halogens is 1. The van der Waals surface area contributed by atoms with Crippen LogP contribution in [0.15, 0.2) is 35.3 Å². The van der Waals surface area contributed by atoms with Gasteiger partial charge in [-0.3, -0.25) is 9.78 Å². The summed E-state index contributed by atoms with van der Waals surface area (Å²) in [6.07, 6.45) is 6.53. The molecule has 2 aromatic heterocycles. The molecular weight excluding hydrogens is 284 g/mol. The zero-order valence-electron chi connectivity index (χ0n) is 9.14. The number of carbonyl (C=O) groups excluding carboxylic acids is 1. The molecular formula is C11H11BrN4O. The van der Waals surface area contributed by atoms with Crippen LogP contribution in [0, 0.1) is 0 Å². The Hall–Kier alpha value is -1.69. The number of aromatic nitrogens is 3. The van der Waals surface area contributed by atoms with E-state index < -0.39 is 0 Å². The van der Waals surface area contributed by atoms with E-state index in [1.807, 2.05) is 6.92 Å². The topological polar surface area (TPSA) is 70.7 Å². The van der Waals surface area contributed by atoms with Gasteiger partial charge in [0.1, 0.15) is 5.82 Å². The lowest BCUT2D eigenvalue weighted by atomic mass is 10.2. The third-order valence-electron chi connectivity index (χ3n) is 2.24. The number of amides is 1.